The highest BCUT2D eigenvalue weighted by Crippen LogP contribution is 2.31. The van der Waals surface area contributed by atoms with E-state index in [1.54, 1.807) is 11.6 Å². The molecule has 26 heavy (non-hydrogen) atoms. The molecule has 1 amide bonds. The molecule has 0 aliphatic carbocycles. The van der Waals surface area contributed by atoms with Gasteiger partial charge in [0.15, 0.2) is 6.10 Å². The van der Waals surface area contributed by atoms with Gasteiger partial charge in [-0.15, -0.1) is 0 Å². The molecule has 1 N–H and O–H groups in total. The fraction of sp³-hybridized carbons (Fsp3) is 0.421. The van der Waals surface area contributed by atoms with Gasteiger partial charge in [-0.05, 0) is 32.9 Å². The van der Waals surface area contributed by atoms with Crippen molar-refractivity contribution in [3.63, 3.8) is 0 Å². The SMILES string of the molecule is Cc1cc(C)n(CC(=O)OC(C)C(=O)NC2CCOc3ccccc32)n1. The molecule has 0 bridgehead atoms. The van der Waals surface area contributed by atoms with Crippen LogP contribution in [0.3, 0.4) is 0 Å². The first kappa shape index (κ1) is 18.0. The molecule has 2 heterocycles. The molecular formula is C19H23N3O4. The number of hydrogen-bond acceptors (Lipinski definition) is 5. The van der Waals surface area contributed by atoms with Gasteiger partial charge in [-0.25, -0.2) is 0 Å². The Balaban J connectivity index is 1.57. The molecule has 0 saturated carbocycles. The zero-order valence-electron chi connectivity index (χ0n) is 15.2. The maximum atomic E-state index is 12.4. The van der Waals surface area contributed by atoms with E-state index in [9.17, 15) is 9.59 Å². The number of nitrogens with zero attached hydrogens (tertiary/aromatic N) is 2. The summed E-state index contributed by atoms with van der Waals surface area (Å²) in [6, 6.07) is 9.34. The lowest BCUT2D eigenvalue weighted by Gasteiger charge is -2.27. The summed E-state index contributed by atoms with van der Waals surface area (Å²) in [4.78, 5) is 24.5. The van der Waals surface area contributed by atoms with Gasteiger partial charge in [-0.2, -0.15) is 5.10 Å². The number of carbonyl (C=O) groups is 2. The zero-order valence-corrected chi connectivity index (χ0v) is 15.2. The van der Waals surface area contributed by atoms with E-state index in [0.29, 0.717) is 13.0 Å². The predicted octanol–water partition coefficient (Wildman–Crippen LogP) is 2.07. The van der Waals surface area contributed by atoms with E-state index < -0.39 is 12.1 Å². The molecule has 1 aromatic carbocycles. The highest BCUT2D eigenvalue weighted by Gasteiger charge is 2.26. The lowest BCUT2D eigenvalue weighted by Crippen LogP contribution is -2.40. The van der Waals surface area contributed by atoms with Gasteiger partial charge in [0.05, 0.1) is 18.3 Å². The fourth-order valence-corrected chi connectivity index (χ4v) is 3.03. The number of ether oxygens (including phenoxy) is 2. The third kappa shape index (κ3) is 4.04. The normalized spacial score (nSPS) is 17.0. The summed E-state index contributed by atoms with van der Waals surface area (Å²) in [5, 5.41) is 7.16. The Labute approximate surface area is 152 Å². The van der Waals surface area contributed by atoms with Crippen molar-refractivity contribution in [2.75, 3.05) is 6.61 Å². The van der Waals surface area contributed by atoms with Crippen molar-refractivity contribution in [3.8, 4) is 5.75 Å². The number of aryl methyl sites for hydroxylation is 2. The number of rotatable bonds is 5. The van der Waals surface area contributed by atoms with Crippen LogP contribution in [0.15, 0.2) is 30.3 Å². The summed E-state index contributed by atoms with van der Waals surface area (Å²) in [6.07, 6.45) is -0.204. The van der Waals surface area contributed by atoms with E-state index in [4.69, 9.17) is 9.47 Å². The molecule has 0 fully saturated rings. The Morgan fingerprint density at radius 1 is 1.38 bits per heavy atom. The van der Waals surface area contributed by atoms with Crippen molar-refractivity contribution in [2.24, 2.45) is 0 Å². The van der Waals surface area contributed by atoms with Gasteiger partial charge in [-0.1, -0.05) is 18.2 Å². The minimum Gasteiger partial charge on any atom is -0.493 e. The number of hydrogen-bond donors (Lipinski definition) is 1. The summed E-state index contributed by atoms with van der Waals surface area (Å²) < 4.78 is 12.4. The van der Waals surface area contributed by atoms with E-state index in [2.05, 4.69) is 10.4 Å². The highest BCUT2D eigenvalue weighted by molar-refractivity contribution is 5.83. The number of fused-ring (bicyclic) bond motifs is 1. The van der Waals surface area contributed by atoms with Crippen LogP contribution in [0.1, 0.15) is 36.3 Å². The van der Waals surface area contributed by atoms with E-state index in [-0.39, 0.29) is 18.5 Å². The number of amides is 1. The zero-order chi connectivity index (χ0) is 18.7. The molecule has 2 aromatic rings. The Hall–Kier alpha value is -2.83. The van der Waals surface area contributed by atoms with Gasteiger partial charge in [0.25, 0.3) is 5.91 Å². The molecule has 7 heteroatoms. The molecule has 1 aromatic heterocycles. The van der Waals surface area contributed by atoms with Gasteiger partial charge in [0, 0.05) is 17.7 Å². The maximum Gasteiger partial charge on any atom is 0.328 e. The molecular weight excluding hydrogens is 334 g/mol. The van der Waals surface area contributed by atoms with Gasteiger partial charge >= 0.3 is 5.97 Å². The van der Waals surface area contributed by atoms with E-state index in [0.717, 1.165) is 22.7 Å². The number of aromatic nitrogens is 2. The van der Waals surface area contributed by atoms with Crippen molar-refractivity contribution in [3.05, 3.63) is 47.3 Å². The van der Waals surface area contributed by atoms with Crippen molar-refractivity contribution < 1.29 is 19.1 Å². The van der Waals surface area contributed by atoms with Crippen LogP contribution in [0, 0.1) is 13.8 Å². The lowest BCUT2D eigenvalue weighted by atomic mass is 10.0. The number of carbonyl (C=O) groups excluding carboxylic acids is 2. The molecule has 1 aliphatic heterocycles. The van der Waals surface area contributed by atoms with Gasteiger partial charge in [0.2, 0.25) is 0 Å². The minimum absolute atomic E-state index is 0.0165. The third-order valence-corrected chi connectivity index (χ3v) is 4.33. The van der Waals surface area contributed by atoms with Crippen LogP contribution in [0.5, 0.6) is 5.75 Å². The smallest absolute Gasteiger partial charge is 0.328 e. The molecule has 138 valence electrons. The fourth-order valence-electron chi connectivity index (χ4n) is 3.03. The molecule has 1 aliphatic rings. The molecule has 2 unspecified atom stereocenters. The summed E-state index contributed by atoms with van der Waals surface area (Å²) in [7, 11) is 0. The topological polar surface area (TPSA) is 82.5 Å². The van der Waals surface area contributed by atoms with Crippen LogP contribution in [0.2, 0.25) is 0 Å². The maximum absolute atomic E-state index is 12.4. The number of para-hydroxylation sites is 1. The minimum atomic E-state index is -0.880. The largest absolute Gasteiger partial charge is 0.493 e. The first-order valence-corrected chi connectivity index (χ1v) is 8.66. The lowest BCUT2D eigenvalue weighted by molar-refractivity contribution is -0.155. The average Bonchev–Trinajstić information content (AvgIpc) is 2.92. The van der Waals surface area contributed by atoms with Crippen LogP contribution < -0.4 is 10.1 Å². The highest BCUT2D eigenvalue weighted by atomic mass is 16.5. The number of benzene rings is 1. The number of esters is 1. The van der Waals surface area contributed by atoms with Crippen LogP contribution in [0.4, 0.5) is 0 Å². The summed E-state index contributed by atoms with van der Waals surface area (Å²) in [5.41, 5.74) is 2.64. The summed E-state index contributed by atoms with van der Waals surface area (Å²) in [6.45, 7) is 5.81. The van der Waals surface area contributed by atoms with E-state index >= 15 is 0 Å². The Morgan fingerprint density at radius 3 is 2.88 bits per heavy atom. The number of nitrogens with one attached hydrogen (secondary N) is 1. The second kappa shape index (κ2) is 7.59. The molecule has 0 spiro atoms. The second-order valence-electron chi connectivity index (χ2n) is 6.45. The second-order valence-corrected chi connectivity index (χ2v) is 6.45. The predicted molar refractivity (Wildman–Crippen MR) is 94.7 cm³/mol. The Kier molecular flexibility index (Phi) is 5.25. The van der Waals surface area contributed by atoms with Crippen LogP contribution >= 0.6 is 0 Å². The van der Waals surface area contributed by atoms with Gasteiger partial charge < -0.3 is 14.8 Å². The van der Waals surface area contributed by atoms with Crippen LogP contribution in [-0.4, -0.2) is 34.4 Å². The van der Waals surface area contributed by atoms with Crippen molar-refractivity contribution in [2.45, 2.75) is 45.9 Å². The van der Waals surface area contributed by atoms with Crippen molar-refractivity contribution in [1.82, 2.24) is 15.1 Å². The molecule has 3 rings (SSSR count). The van der Waals surface area contributed by atoms with E-state index in [1.165, 1.54) is 0 Å². The quantitative estimate of drug-likeness (QED) is 0.829. The standard InChI is InChI=1S/C19H23N3O4/c1-12-10-13(2)22(21-12)11-18(23)26-14(3)19(24)20-16-8-9-25-17-7-5-4-6-15(16)17/h4-7,10,14,16H,8-9,11H2,1-3H3,(H,20,24). The van der Waals surface area contributed by atoms with Crippen LogP contribution in [-0.2, 0) is 20.9 Å². The average molecular weight is 357 g/mol. The van der Waals surface area contributed by atoms with Crippen molar-refractivity contribution >= 4 is 11.9 Å². The van der Waals surface area contributed by atoms with Gasteiger partial charge in [0.1, 0.15) is 12.3 Å². The first-order valence-electron chi connectivity index (χ1n) is 8.66. The first-order chi connectivity index (χ1) is 12.4. The summed E-state index contributed by atoms with van der Waals surface area (Å²) in [5.74, 6) is -0.0436. The summed E-state index contributed by atoms with van der Waals surface area (Å²) >= 11 is 0. The molecule has 7 nitrogen and oxygen atoms in total. The van der Waals surface area contributed by atoms with Crippen LogP contribution in [0.25, 0.3) is 0 Å². The molecule has 0 saturated heterocycles. The Bertz CT molecular complexity index is 815. The molecule has 0 radical (unpaired) electrons. The Morgan fingerprint density at radius 2 is 2.15 bits per heavy atom. The van der Waals surface area contributed by atoms with Crippen molar-refractivity contribution in [1.29, 1.82) is 0 Å². The third-order valence-electron chi connectivity index (χ3n) is 4.33. The van der Waals surface area contributed by atoms with E-state index in [1.807, 2.05) is 44.2 Å². The monoisotopic (exact) mass is 357 g/mol. The molecule has 2 atom stereocenters. The van der Waals surface area contributed by atoms with Gasteiger partial charge in [-0.3, -0.25) is 14.3 Å².